The molecule has 2 rings (SSSR count). The van der Waals surface area contributed by atoms with Gasteiger partial charge in [-0.3, -0.25) is 4.79 Å². The molecule has 3 N–H and O–H groups in total. The highest BCUT2D eigenvalue weighted by atomic mass is 16.3. The molecular weight excluding hydrogens is 216 g/mol. The molecule has 0 aromatic heterocycles. The highest BCUT2D eigenvalue weighted by Crippen LogP contribution is 2.29. The largest absolute Gasteiger partial charge is 0.508 e. The number of carbonyl (C=O) groups excluding carboxylic acids is 1. The van der Waals surface area contributed by atoms with E-state index >= 15 is 0 Å². The SMILES string of the molecule is CC(N)C(=O)N(Cc1cccc(O)c1)C1CC1. The standard InChI is InChI=1S/C13H18N2O2/c1-9(14)13(17)15(11-5-6-11)8-10-3-2-4-12(16)7-10/h2-4,7,9,11,16H,5-6,8,14H2,1H3. The van der Waals surface area contributed by atoms with Gasteiger partial charge in [-0.25, -0.2) is 0 Å². The Balaban J connectivity index is 2.10. The van der Waals surface area contributed by atoms with Gasteiger partial charge in [-0.05, 0) is 37.5 Å². The number of hydrogen-bond acceptors (Lipinski definition) is 3. The molecule has 1 atom stereocenters. The van der Waals surface area contributed by atoms with E-state index in [1.807, 2.05) is 11.0 Å². The van der Waals surface area contributed by atoms with Crippen molar-refractivity contribution in [2.45, 2.75) is 38.4 Å². The number of benzene rings is 1. The number of phenols is 1. The maximum atomic E-state index is 12.0. The predicted molar refractivity (Wildman–Crippen MR) is 65.3 cm³/mol. The molecule has 4 nitrogen and oxygen atoms in total. The number of phenolic OH excluding ortho intramolecular Hbond substituents is 1. The number of carbonyl (C=O) groups is 1. The van der Waals surface area contributed by atoms with Gasteiger partial charge in [0.1, 0.15) is 5.75 Å². The second-order valence-electron chi connectivity index (χ2n) is 4.66. The van der Waals surface area contributed by atoms with Gasteiger partial charge in [0.25, 0.3) is 0 Å². The first kappa shape index (κ1) is 11.9. The van der Waals surface area contributed by atoms with Gasteiger partial charge in [-0.1, -0.05) is 12.1 Å². The van der Waals surface area contributed by atoms with Crippen LogP contribution >= 0.6 is 0 Å². The second-order valence-corrected chi connectivity index (χ2v) is 4.66. The Hall–Kier alpha value is -1.55. The minimum absolute atomic E-state index is 0.0177. The molecule has 92 valence electrons. The van der Waals surface area contributed by atoms with E-state index in [1.165, 1.54) is 0 Å². The summed E-state index contributed by atoms with van der Waals surface area (Å²) in [6.45, 7) is 2.24. The molecule has 4 heteroatoms. The van der Waals surface area contributed by atoms with Crippen molar-refractivity contribution in [3.8, 4) is 5.75 Å². The average Bonchev–Trinajstić information content (AvgIpc) is 3.09. The van der Waals surface area contributed by atoms with E-state index in [0.29, 0.717) is 12.6 Å². The Morgan fingerprint density at radius 2 is 2.29 bits per heavy atom. The van der Waals surface area contributed by atoms with Gasteiger partial charge in [0.15, 0.2) is 0 Å². The van der Waals surface area contributed by atoms with Crippen molar-refractivity contribution in [3.63, 3.8) is 0 Å². The summed E-state index contributed by atoms with van der Waals surface area (Å²) < 4.78 is 0. The molecule has 1 aliphatic rings. The number of rotatable bonds is 4. The lowest BCUT2D eigenvalue weighted by Crippen LogP contribution is -2.42. The first-order chi connectivity index (χ1) is 8.08. The minimum atomic E-state index is -0.465. The first-order valence-corrected chi connectivity index (χ1v) is 5.92. The van der Waals surface area contributed by atoms with E-state index in [1.54, 1.807) is 25.1 Å². The molecular formula is C13H18N2O2. The van der Waals surface area contributed by atoms with Crippen molar-refractivity contribution in [2.75, 3.05) is 0 Å². The van der Waals surface area contributed by atoms with Crippen molar-refractivity contribution in [3.05, 3.63) is 29.8 Å². The number of nitrogens with zero attached hydrogens (tertiary/aromatic N) is 1. The Bertz CT molecular complexity index is 414. The van der Waals surface area contributed by atoms with Crippen LogP contribution in [0.25, 0.3) is 0 Å². The third kappa shape index (κ3) is 2.97. The highest BCUT2D eigenvalue weighted by molar-refractivity contribution is 5.81. The maximum absolute atomic E-state index is 12.0. The van der Waals surface area contributed by atoms with Gasteiger partial charge >= 0.3 is 0 Å². The maximum Gasteiger partial charge on any atom is 0.239 e. The van der Waals surface area contributed by atoms with E-state index in [4.69, 9.17) is 5.73 Å². The highest BCUT2D eigenvalue weighted by Gasteiger charge is 2.33. The zero-order valence-corrected chi connectivity index (χ0v) is 9.97. The number of nitrogens with two attached hydrogens (primary N) is 1. The molecule has 1 fully saturated rings. The lowest BCUT2D eigenvalue weighted by atomic mass is 10.2. The molecule has 1 aromatic rings. The van der Waals surface area contributed by atoms with Crippen LogP contribution in [0.5, 0.6) is 5.75 Å². The molecule has 1 unspecified atom stereocenters. The van der Waals surface area contributed by atoms with Crippen molar-refractivity contribution >= 4 is 5.91 Å². The molecule has 1 aromatic carbocycles. The normalized spacial score (nSPS) is 16.6. The van der Waals surface area contributed by atoms with Gasteiger partial charge in [0, 0.05) is 12.6 Å². The molecule has 0 aliphatic heterocycles. The molecule has 17 heavy (non-hydrogen) atoms. The zero-order chi connectivity index (χ0) is 12.4. The van der Waals surface area contributed by atoms with Crippen LogP contribution in [0.15, 0.2) is 24.3 Å². The summed E-state index contributed by atoms with van der Waals surface area (Å²) in [7, 11) is 0. The molecule has 0 spiro atoms. The quantitative estimate of drug-likeness (QED) is 0.823. The Morgan fingerprint density at radius 3 is 2.82 bits per heavy atom. The summed E-state index contributed by atoms with van der Waals surface area (Å²) in [4.78, 5) is 13.8. The van der Waals surface area contributed by atoms with Crippen LogP contribution in [-0.2, 0) is 11.3 Å². The summed E-state index contributed by atoms with van der Waals surface area (Å²) in [5, 5.41) is 9.40. The van der Waals surface area contributed by atoms with Crippen molar-refractivity contribution in [1.29, 1.82) is 0 Å². The Morgan fingerprint density at radius 1 is 1.59 bits per heavy atom. The lowest BCUT2D eigenvalue weighted by Gasteiger charge is -2.24. The average molecular weight is 234 g/mol. The molecule has 0 heterocycles. The fourth-order valence-corrected chi connectivity index (χ4v) is 1.89. The number of amides is 1. The van der Waals surface area contributed by atoms with Crippen LogP contribution in [-0.4, -0.2) is 28.0 Å². The van der Waals surface area contributed by atoms with Crippen molar-refractivity contribution in [2.24, 2.45) is 5.73 Å². The summed E-state index contributed by atoms with van der Waals surface area (Å²) >= 11 is 0. The molecule has 0 saturated heterocycles. The van der Waals surface area contributed by atoms with Crippen LogP contribution in [0.1, 0.15) is 25.3 Å². The van der Waals surface area contributed by atoms with Gasteiger partial charge in [0.2, 0.25) is 5.91 Å². The van der Waals surface area contributed by atoms with Crippen LogP contribution < -0.4 is 5.73 Å². The second kappa shape index (κ2) is 4.75. The summed E-state index contributed by atoms with van der Waals surface area (Å²) in [6, 6.07) is 6.86. The van der Waals surface area contributed by atoms with E-state index in [2.05, 4.69) is 0 Å². The number of aromatic hydroxyl groups is 1. The summed E-state index contributed by atoms with van der Waals surface area (Å²) in [5.74, 6) is 0.210. The monoisotopic (exact) mass is 234 g/mol. The summed E-state index contributed by atoms with van der Waals surface area (Å²) in [6.07, 6.45) is 2.11. The van der Waals surface area contributed by atoms with Gasteiger partial charge < -0.3 is 15.7 Å². The smallest absolute Gasteiger partial charge is 0.239 e. The molecule has 1 amide bonds. The van der Waals surface area contributed by atoms with Crippen molar-refractivity contribution in [1.82, 2.24) is 4.90 Å². The van der Waals surface area contributed by atoms with E-state index < -0.39 is 6.04 Å². The zero-order valence-electron chi connectivity index (χ0n) is 9.97. The third-order valence-corrected chi connectivity index (χ3v) is 2.92. The van der Waals surface area contributed by atoms with E-state index in [9.17, 15) is 9.90 Å². The van der Waals surface area contributed by atoms with Gasteiger partial charge in [-0.2, -0.15) is 0 Å². The molecule has 0 radical (unpaired) electrons. The summed E-state index contributed by atoms with van der Waals surface area (Å²) in [5.41, 5.74) is 6.58. The van der Waals surface area contributed by atoms with Crippen LogP contribution in [0.2, 0.25) is 0 Å². The molecule has 0 bridgehead atoms. The Labute approximate surface area is 101 Å². The topological polar surface area (TPSA) is 66.6 Å². The van der Waals surface area contributed by atoms with Crippen LogP contribution in [0.4, 0.5) is 0 Å². The third-order valence-electron chi connectivity index (χ3n) is 2.92. The molecule has 1 saturated carbocycles. The first-order valence-electron chi connectivity index (χ1n) is 5.92. The van der Waals surface area contributed by atoms with Gasteiger partial charge in [-0.15, -0.1) is 0 Å². The predicted octanol–water partition coefficient (Wildman–Crippen LogP) is 1.23. The van der Waals surface area contributed by atoms with Crippen LogP contribution in [0, 0.1) is 0 Å². The number of hydrogen-bond donors (Lipinski definition) is 2. The van der Waals surface area contributed by atoms with Crippen LogP contribution in [0.3, 0.4) is 0 Å². The van der Waals surface area contributed by atoms with E-state index in [-0.39, 0.29) is 11.7 Å². The fraction of sp³-hybridized carbons (Fsp3) is 0.462. The minimum Gasteiger partial charge on any atom is -0.508 e. The Kier molecular flexibility index (Phi) is 3.33. The van der Waals surface area contributed by atoms with E-state index in [0.717, 1.165) is 18.4 Å². The lowest BCUT2D eigenvalue weighted by molar-refractivity contribution is -0.133. The van der Waals surface area contributed by atoms with Gasteiger partial charge in [0.05, 0.1) is 6.04 Å². The molecule has 1 aliphatic carbocycles. The van der Waals surface area contributed by atoms with Crippen molar-refractivity contribution < 1.29 is 9.90 Å². The fourth-order valence-electron chi connectivity index (χ4n) is 1.89.